The molecule has 0 aromatic rings. The van der Waals surface area contributed by atoms with Crippen LogP contribution < -0.4 is 0 Å². The first-order chi connectivity index (χ1) is 5.43. The summed E-state index contributed by atoms with van der Waals surface area (Å²) >= 11 is 0. The largest absolute Gasteiger partial charge is 0.106 e. The quantitative estimate of drug-likeness (QED) is 0.422. The van der Waals surface area contributed by atoms with Crippen LogP contribution in [0.1, 0.15) is 38.5 Å². The van der Waals surface area contributed by atoms with E-state index in [4.69, 9.17) is 6.42 Å². The van der Waals surface area contributed by atoms with Gasteiger partial charge in [0.2, 0.25) is 0 Å². The first-order valence-corrected chi connectivity index (χ1v) is 4.37. The molecular formula is C11H14. The molecule has 0 atom stereocenters. The van der Waals surface area contributed by atoms with Crippen molar-refractivity contribution in [2.24, 2.45) is 5.92 Å². The summed E-state index contributed by atoms with van der Waals surface area (Å²) in [5.74, 6) is 8.96. The second-order valence-electron chi connectivity index (χ2n) is 3.14. The Morgan fingerprint density at radius 1 is 1.27 bits per heavy atom. The van der Waals surface area contributed by atoms with E-state index >= 15 is 0 Å². The summed E-state index contributed by atoms with van der Waals surface area (Å²) < 4.78 is 0. The third kappa shape index (κ3) is 4.51. The lowest BCUT2D eigenvalue weighted by atomic mass is 10.1. The monoisotopic (exact) mass is 146 g/mol. The van der Waals surface area contributed by atoms with Crippen LogP contribution in [0.15, 0.2) is 0 Å². The Morgan fingerprint density at radius 2 is 2.09 bits per heavy atom. The number of rotatable bonds is 4. The van der Waals surface area contributed by atoms with Crippen molar-refractivity contribution in [3.05, 3.63) is 0 Å². The van der Waals surface area contributed by atoms with Gasteiger partial charge in [-0.15, -0.1) is 6.42 Å². The average molecular weight is 146 g/mol. The lowest BCUT2D eigenvalue weighted by molar-refractivity contribution is 0.638. The number of hydrogen-bond acceptors (Lipinski definition) is 0. The van der Waals surface area contributed by atoms with E-state index < -0.39 is 0 Å². The maximum Gasteiger partial charge on any atom is 0.00989 e. The summed E-state index contributed by atoms with van der Waals surface area (Å²) in [6, 6.07) is 0. The second kappa shape index (κ2) is 4.86. The minimum absolute atomic E-state index is 0.983. The Morgan fingerprint density at radius 3 is 2.73 bits per heavy atom. The van der Waals surface area contributed by atoms with Gasteiger partial charge in [0.1, 0.15) is 0 Å². The van der Waals surface area contributed by atoms with E-state index in [0.29, 0.717) is 0 Å². The molecule has 0 radical (unpaired) electrons. The van der Waals surface area contributed by atoms with E-state index in [2.05, 4.69) is 17.8 Å². The molecule has 1 fully saturated rings. The molecule has 0 nitrogen and oxygen atoms in total. The summed E-state index contributed by atoms with van der Waals surface area (Å²) in [4.78, 5) is 0. The molecule has 58 valence electrons. The lowest BCUT2D eigenvalue weighted by Crippen LogP contribution is -1.77. The zero-order valence-corrected chi connectivity index (χ0v) is 6.90. The van der Waals surface area contributed by atoms with Crippen molar-refractivity contribution in [1.29, 1.82) is 0 Å². The van der Waals surface area contributed by atoms with Gasteiger partial charge >= 0.3 is 0 Å². The maximum atomic E-state index is 4.98. The molecule has 0 amide bonds. The minimum Gasteiger partial charge on any atom is -0.106 e. The van der Waals surface area contributed by atoms with Crippen LogP contribution in [0, 0.1) is 30.1 Å². The van der Waals surface area contributed by atoms with Crippen LogP contribution in [0.2, 0.25) is 0 Å². The zero-order chi connectivity index (χ0) is 7.94. The van der Waals surface area contributed by atoms with Crippen molar-refractivity contribution in [3.63, 3.8) is 0 Å². The van der Waals surface area contributed by atoms with Gasteiger partial charge in [0.25, 0.3) is 0 Å². The zero-order valence-electron chi connectivity index (χ0n) is 6.90. The van der Waals surface area contributed by atoms with E-state index in [9.17, 15) is 0 Å². The van der Waals surface area contributed by atoms with Crippen molar-refractivity contribution in [2.45, 2.75) is 38.5 Å². The van der Waals surface area contributed by atoms with Crippen LogP contribution in [0.4, 0.5) is 0 Å². The van der Waals surface area contributed by atoms with Gasteiger partial charge in [0, 0.05) is 6.42 Å². The molecule has 0 unspecified atom stereocenters. The van der Waals surface area contributed by atoms with Crippen LogP contribution in [0.5, 0.6) is 0 Å². The molecule has 11 heavy (non-hydrogen) atoms. The fraction of sp³-hybridized carbons (Fsp3) is 0.636. The van der Waals surface area contributed by atoms with E-state index in [0.717, 1.165) is 12.3 Å². The fourth-order valence-electron chi connectivity index (χ4n) is 1.17. The molecule has 1 saturated carbocycles. The van der Waals surface area contributed by atoms with Gasteiger partial charge in [-0.1, -0.05) is 31.6 Å². The van der Waals surface area contributed by atoms with Crippen molar-refractivity contribution in [1.82, 2.24) is 0 Å². The Labute approximate surface area is 69.4 Å². The van der Waals surface area contributed by atoms with Crippen LogP contribution in [-0.4, -0.2) is 0 Å². The molecule has 1 aliphatic rings. The van der Waals surface area contributed by atoms with E-state index in [1.165, 1.54) is 32.1 Å². The minimum atomic E-state index is 0.983. The Bertz CT molecular complexity index is 192. The molecule has 0 aromatic carbocycles. The van der Waals surface area contributed by atoms with Crippen LogP contribution in [0.25, 0.3) is 0 Å². The predicted octanol–water partition coefficient (Wildman–Crippen LogP) is 2.59. The summed E-state index contributed by atoms with van der Waals surface area (Å²) in [5, 5.41) is 0. The lowest BCUT2D eigenvalue weighted by Gasteiger charge is -1.92. The highest BCUT2D eigenvalue weighted by atomic mass is 14.2. The molecular weight excluding hydrogens is 132 g/mol. The van der Waals surface area contributed by atoms with Gasteiger partial charge in [-0.25, -0.2) is 0 Å². The third-order valence-corrected chi connectivity index (χ3v) is 2.02. The molecule has 0 spiro atoms. The van der Waals surface area contributed by atoms with Gasteiger partial charge in [-0.05, 0) is 24.2 Å². The standard InChI is InChI=1S/C11H14/c1-2-3-4-5-6-7-8-11-9-10-11/h1,11H,5-10H2. The summed E-state index contributed by atoms with van der Waals surface area (Å²) in [5.41, 5.74) is 0. The van der Waals surface area contributed by atoms with Crippen molar-refractivity contribution in [3.8, 4) is 24.2 Å². The fourth-order valence-corrected chi connectivity index (χ4v) is 1.17. The first kappa shape index (κ1) is 8.22. The molecule has 0 N–H and O–H groups in total. The third-order valence-electron chi connectivity index (χ3n) is 2.02. The topological polar surface area (TPSA) is 0 Å². The van der Waals surface area contributed by atoms with E-state index in [1.54, 1.807) is 0 Å². The van der Waals surface area contributed by atoms with E-state index in [1.807, 2.05) is 0 Å². The molecule has 0 heteroatoms. The molecule has 0 aliphatic heterocycles. The van der Waals surface area contributed by atoms with E-state index in [-0.39, 0.29) is 0 Å². The highest BCUT2D eigenvalue weighted by molar-refractivity contribution is 5.21. The number of terminal acetylenes is 1. The number of unbranched alkanes of at least 4 members (excludes halogenated alkanes) is 2. The molecule has 0 saturated heterocycles. The predicted molar refractivity (Wildman–Crippen MR) is 47.8 cm³/mol. The highest BCUT2D eigenvalue weighted by Crippen LogP contribution is 2.33. The average Bonchev–Trinajstić information content (AvgIpc) is 2.80. The summed E-state index contributed by atoms with van der Waals surface area (Å²) in [6.45, 7) is 0. The van der Waals surface area contributed by atoms with Gasteiger partial charge < -0.3 is 0 Å². The van der Waals surface area contributed by atoms with Gasteiger partial charge in [-0.3, -0.25) is 0 Å². The summed E-state index contributed by atoms with van der Waals surface area (Å²) in [6.07, 6.45) is 12.9. The molecule has 0 aromatic heterocycles. The van der Waals surface area contributed by atoms with Crippen molar-refractivity contribution >= 4 is 0 Å². The number of hydrogen-bond donors (Lipinski definition) is 0. The Hall–Kier alpha value is -0.880. The SMILES string of the molecule is C#CC#CCCCCC1CC1. The molecule has 0 bridgehead atoms. The van der Waals surface area contributed by atoms with Gasteiger partial charge in [-0.2, -0.15) is 0 Å². The second-order valence-corrected chi connectivity index (χ2v) is 3.14. The first-order valence-electron chi connectivity index (χ1n) is 4.37. The molecule has 1 rings (SSSR count). The molecule has 1 aliphatic carbocycles. The van der Waals surface area contributed by atoms with Crippen LogP contribution in [0.3, 0.4) is 0 Å². The Kier molecular flexibility index (Phi) is 3.63. The van der Waals surface area contributed by atoms with Crippen molar-refractivity contribution in [2.75, 3.05) is 0 Å². The van der Waals surface area contributed by atoms with Crippen LogP contribution in [-0.2, 0) is 0 Å². The van der Waals surface area contributed by atoms with Crippen LogP contribution >= 0.6 is 0 Å². The van der Waals surface area contributed by atoms with Gasteiger partial charge in [0.05, 0.1) is 0 Å². The van der Waals surface area contributed by atoms with Crippen molar-refractivity contribution < 1.29 is 0 Å². The van der Waals surface area contributed by atoms with Gasteiger partial charge in [0.15, 0.2) is 0 Å². The smallest absolute Gasteiger partial charge is 0.00989 e. The Balaban J connectivity index is 1.84. The summed E-state index contributed by atoms with van der Waals surface area (Å²) in [7, 11) is 0. The maximum absolute atomic E-state index is 4.98. The highest BCUT2D eigenvalue weighted by Gasteiger charge is 2.19. The molecule has 0 heterocycles. The normalized spacial score (nSPS) is 14.8.